The second-order valence-electron chi connectivity index (χ2n) is 7.47. The average Bonchev–Trinajstić information content (AvgIpc) is 2.69. The van der Waals surface area contributed by atoms with E-state index in [1.54, 1.807) is 43.0 Å². The van der Waals surface area contributed by atoms with Crippen LogP contribution in [-0.4, -0.2) is 60.9 Å². The lowest BCUT2D eigenvalue weighted by molar-refractivity contribution is -0.148. The minimum absolute atomic E-state index is 0.0400. The highest BCUT2D eigenvalue weighted by atomic mass is 16.5. The van der Waals surface area contributed by atoms with E-state index >= 15 is 0 Å². The van der Waals surface area contributed by atoms with Crippen molar-refractivity contribution in [2.24, 2.45) is 5.92 Å². The van der Waals surface area contributed by atoms with Gasteiger partial charge >= 0.3 is 5.97 Å². The van der Waals surface area contributed by atoms with Gasteiger partial charge in [0.15, 0.2) is 0 Å². The summed E-state index contributed by atoms with van der Waals surface area (Å²) < 4.78 is 5.07. The molecule has 2 rings (SSSR count). The minimum atomic E-state index is -0.745. The van der Waals surface area contributed by atoms with Crippen molar-refractivity contribution in [1.29, 1.82) is 0 Å². The Balaban J connectivity index is 1.97. The van der Waals surface area contributed by atoms with Crippen LogP contribution < -0.4 is 16.0 Å². The summed E-state index contributed by atoms with van der Waals surface area (Å²) in [5.41, 5.74) is 1.11. The molecule has 1 unspecified atom stereocenters. The molecule has 9 nitrogen and oxygen atoms in total. The third kappa shape index (κ3) is 7.14. The quantitative estimate of drug-likeness (QED) is 0.522. The molecule has 1 aliphatic heterocycles. The fourth-order valence-corrected chi connectivity index (χ4v) is 2.95. The summed E-state index contributed by atoms with van der Waals surface area (Å²) in [6.45, 7) is 6.60. The lowest BCUT2D eigenvalue weighted by atomic mass is 10.1. The summed E-state index contributed by atoms with van der Waals surface area (Å²) in [6, 6.07) is 6.10. The zero-order valence-electron chi connectivity index (χ0n) is 17.7. The molecular formula is C21H30N4O5. The molecule has 9 heteroatoms. The van der Waals surface area contributed by atoms with Crippen molar-refractivity contribution in [1.82, 2.24) is 10.2 Å². The standard InChI is InChI=1S/C21H30N4O5/c1-4-10-30-19(27)12-17-21(29)22-8-9-25(17)13-18(26)23-15-6-5-7-16(11-15)24-20(28)14(2)3/h5-7,11,14,17H,4,8-10,12-13H2,1-3H3,(H,22,29)(H,23,26)(H,24,28). The summed E-state index contributed by atoms with van der Waals surface area (Å²) in [6.07, 6.45) is 0.598. The van der Waals surface area contributed by atoms with Crippen LogP contribution in [0.5, 0.6) is 0 Å². The minimum Gasteiger partial charge on any atom is -0.466 e. The monoisotopic (exact) mass is 418 g/mol. The topological polar surface area (TPSA) is 117 Å². The highest BCUT2D eigenvalue weighted by Crippen LogP contribution is 2.17. The largest absolute Gasteiger partial charge is 0.466 e. The molecule has 1 fully saturated rings. The molecule has 0 spiro atoms. The first-order valence-corrected chi connectivity index (χ1v) is 10.2. The van der Waals surface area contributed by atoms with Crippen LogP contribution in [0, 0.1) is 5.92 Å². The van der Waals surface area contributed by atoms with Crippen LogP contribution in [0.4, 0.5) is 11.4 Å². The van der Waals surface area contributed by atoms with E-state index in [2.05, 4.69) is 16.0 Å². The average molecular weight is 418 g/mol. The highest BCUT2D eigenvalue weighted by Gasteiger charge is 2.33. The van der Waals surface area contributed by atoms with Gasteiger partial charge in [0.25, 0.3) is 0 Å². The number of esters is 1. The number of ether oxygens (including phenoxy) is 1. The molecule has 1 atom stereocenters. The number of carbonyl (C=O) groups excluding carboxylic acids is 4. The first-order chi connectivity index (χ1) is 14.3. The molecule has 1 saturated heterocycles. The summed E-state index contributed by atoms with van der Waals surface area (Å²) in [7, 11) is 0. The molecule has 0 aromatic heterocycles. The number of nitrogens with zero attached hydrogens (tertiary/aromatic N) is 1. The number of benzene rings is 1. The number of hydrogen-bond acceptors (Lipinski definition) is 6. The predicted molar refractivity (Wildman–Crippen MR) is 113 cm³/mol. The van der Waals surface area contributed by atoms with Crippen molar-refractivity contribution in [2.75, 3.05) is 36.9 Å². The molecule has 1 heterocycles. The van der Waals surface area contributed by atoms with E-state index in [-0.39, 0.29) is 36.6 Å². The van der Waals surface area contributed by atoms with Crippen molar-refractivity contribution in [3.63, 3.8) is 0 Å². The van der Waals surface area contributed by atoms with Gasteiger partial charge in [0.2, 0.25) is 17.7 Å². The van der Waals surface area contributed by atoms with Crippen LogP contribution in [0.25, 0.3) is 0 Å². The molecule has 0 bridgehead atoms. The number of rotatable bonds is 9. The molecule has 1 aromatic carbocycles. The second kappa shape index (κ2) is 11.3. The maximum Gasteiger partial charge on any atom is 0.307 e. The summed E-state index contributed by atoms with van der Waals surface area (Å²) in [5, 5.41) is 8.28. The van der Waals surface area contributed by atoms with E-state index in [9.17, 15) is 19.2 Å². The van der Waals surface area contributed by atoms with Crippen molar-refractivity contribution >= 4 is 35.1 Å². The number of anilines is 2. The molecule has 0 radical (unpaired) electrons. The fourth-order valence-electron chi connectivity index (χ4n) is 2.95. The number of piperazine rings is 1. The smallest absolute Gasteiger partial charge is 0.307 e. The van der Waals surface area contributed by atoms with Crippen LogP contribution in [0.2, 0.25) is 0 Å². The van der Waals surface area contributed by atoms with Crippen LogP contribution in [0.1, 0.15) is 33.6 Å². The second-order valence-corrected chi connectivity index (χ2v) is 7.47. The maximum absolute atomic E-state index is 12.5. The molecular weight excluding hydrogens is 388 g/mol. The predicted octanol–water partition coefficient (Wildman–Crippen LogP) is 1.36. The number of nitrogens with one attached hydrogen (secondary N) is 3. The van der Waals surface area contributed by atoms with Crippen LogP contribution in [-0.2, 0) is 23.9 Å². The van der Waals surface area contributed by atoms with Gasteiger partial charge in [-0.2, -0.15) is 0 Å². The Labute approximate surface area is 176 Å². The van der Waals surface area contributed by atoms with Gasteiger partial charge in [-0.05, 0) is 24.6 Å². The van der Waals surface area contributed by atoms with Gasteiger partial charge in [0.05, 0.1) is 19.6 Å². The van der Waals surface area contributed by atoms with Gasteiger partial charge in [-0.15, -0.1) is 0 Å². The third-order valence-electron chi connectivity index (χ3n) is 4.55. The van der Waals surface area contributed by atoms with Gasteiger partial charge in [0.1, 0.15) is 6.04 Å². The summed E-state index contributed by atoms with van der Waals surface area (Å²) >= 11 is 0. The Hall–Kier alpha value is -2.94. The van der Waals surface area contributed by atoms with Crippen LogP contribution in [0.3, 0.4) is 0 Å². The molecule has 3 amide bonds. The van der Waals surface area contributed by atoms with Gasteiger partial charge < -0.3 is 20.7 Å². The van der Waals surface area contributed by atoms with Crippen molar-refractivity contribution in [2.45, 2.75) is 39.7 Å². The van der Waals surface area contributed by atoms with E-state index in [1.807, 2.05) is 6.92 Å². The van der Waals surface area contributed by atoms with E-state index < -0.39 is 12.0 Å². The molecule has 1 aromatic rings. The normalized spacial score (nSPS) is 16.7. The Kier molecular flexibility index (Phi) is 8.79. The van der Waals surface area contributed by atoms with Crippen LogP contribution in [0.15, 0.2) is 24.3 Å². The van der Waals surface area contributed by atoms with Crippen molar-refractivity contribution in [3.8, 4) is 0 Å². The Morgan fingerprint density at radius 3 is 2.60 bits per heavy atom. The first kappa shape index (κ1) is 23.3. The maximum atomic E-state index is 12.5. The van der Waals surface area contributed by atoms with E-state index in [4.69, 9.17) is 4.74 Å². The molecule has 30 heavy (non-hydrogen) atoms. The van der Waals surface area contributed by atoms with Crippen molar-refractivity contribution in [3.05, 3.63) is 24.3 Å². The zero-order valence-corrected chi connectivity index (χ0v) is 17.7. The third-order valence-corrected chi connectivity index (χ3v) is 4.55. The Morgan fingerprint density at radius 2 is 1.93 bits per heavy atom. The highest BCUT2D eigenvalue weighted by molar-refractivity contribution is 5.96. The molecule has 164 valence electrons. The summed E-state index contributed by atoms with van der Waals surface area (Å²) in [4.78, 5) is 50.2. The van der Waals surface area contributed by atoms with Crippen molar-refractivity contribution < 1.29 is 23.9 Å². The molecule has 0 saturated carbocycles. The SMILES string of the molecule is CCCOC(=O)CC1C(=O)NCCN1CC(=O)Nc1cccc(NC(=O)C(C)C)c1. The zero-order chi connectivity index (χ0) is 22.1. The van der Waals surface area contributed by atoms with Gasteiger partial charge in [-0.25, -0.2) is 0 Å². The van der Waals surface area contributed by atoms with E-state index in [0.29, 0.717) is 37.5 Å². The van der Waals surface area contributed by atoms with Gasteiger partial charge in [-0.1, -0.05) is 26.8 Å². The lowest BCUT2D eigenvalue weighted by Gasteiger charge is -2.33. The van der Waals surface area contributed by atoms with Gasteiger partial charge in [0, 0.05) is 30.4 Å². The molecule has 0 aliphatic carbocycles. The van der Waals surface area contributed by atoms with Crippen LogP contribution >= 0.6 is 0 Å². The molecule has 3 N–H and O–H groups in total. The number of amides is 3. The van der Waals surface area contributed by atoms with E-state index in [0.717, 1.165) is 0 Å². The molecule has 1 aliphatic rings. The summed E-state index contributed by atoms with van der Waals surface area (Å²) in [5.74, 6) is -1.34. The Bertz CT molecular complexity index is 780. The number of hydrogen-bond donors (Lipinski definition) is 3. The number of carbonyl (C=O) groups is 4. The Morgan fingerprint density at radius 1 is 1.23 bits per heavy atom. The lowest BCUT2D eigenvalue weighted by Crippen LogP contribution is -2.57. The first-order valence-electron chi connectivity index (χ1n) is 10.2. The van der Waals surface area contributed by atoms with E-state index in [1.165, 1.54) is 0 Å². The fraction of sp³-hybridized carbons (Fsp3) is 0.524. The van der Waals surface area contributed by atoms with Gasteiger partial charge in [-0.3, -0.25) is 24.1 Å².